The lowest BCUT2D eigenvalue weighted by Crippen LogP contribution is -2.59. The molecule has 6 unspecified atom stereocenters. The Kier molecular flexibility index (Phi) is 8.73. The van der Waals surface area contributed by atoms with Crippen molar-refractivity contribution in [1.29, 1.82) is 0 Å². The maximum Gasteiger partial charge on any atom is 0.417 e. The predicted octanol–water partition coefficient (Wildman–Crippen LogP) is 8.36. The molecule has 4 aliphatic rings. The van der Waals surface area contributed by atoms with Crippen LogP contribution in [-0.2, 0) is 9.84 Å². The maximum atomic E-state index is 13.8. The van der Waals surface area contributed by atoms with Crippen LogP contribution >= 0.6 is 0 Å². The van der Waals surface area contributed by atoms with Crippen molar-refractivity contribution >= 4 is 9.84 Å². The molecule has 0 spiro atoms. The Morgan fingerprint density at radius 3 is 2.19 bits per heavy atom. The average molecular weight is 627 g/mol. The van der Waals surface area contributed by atoms with Crippen LogP contribution in [0.4, 0.5) is 13.2 Å². The fraction of sp³-hybridized carbons (Fsp3) is 0.829. The quantitative estimate of drug-likeness (QED) is 0.319. The third kappa shape index (κ3) is 5.84. The molecule has 8 heteroatoms. The number of rotatable bonds is 7. The summed E-state index contributed by atoms with van der Waals surface area (Å²) in [6.07, 6.45) is 2.11. The van der Waals surface area contributed by atoms with E-state index in [1.165, 1.54) is 0 Å². The van der Waals surface area contributed by atoms with Crippen molar-refractivity contribution in [3.8, 4) is 0 Å². The first-order chi connectivity index (χ1) is 19.8. The fourth-order valence-electron chi connectivity index (χ4n) is 10.3. The van der Waals surface area contributed by atoms with E-state index in [0.717, 1.165) is 44.9 Å². The highest BCUT2D eigenvalue weighted by Crippen LogP contribution is 2.69. The van der Waals surface area contributed by atoms with Gasteiger partial charge in [0.25, 0.3) is 0 Å². The van der Waals surface area contributed by atoms with E-state index in [2.05, 4.69) is 13.8 Å². The summed E-state index contributed by atoms with van der Waals surface area (Å²) < 4.78 is 68.9. The Morgan fingerprint density at radius 1 is 0.907 bits per heavy atom. The van der Waals surface area contributed by atoms with Crippen LogP contribution in [0.3, 0.4) is 0 Å². The van der Waals surface area contributed by atoms with Gasteiger partial charge in [-0.15, -0.1) is 0 Å². The standard InChI is InChI=1S/C35H53F3O4S/c1-31(2,3)30(39)21-26(43(41,42)25-9-7-6-8-10-25)14-11-23-13-16-28-27-15-12-24-22-34(40,35(36,37)38)20-19-33(24,5)29(27)17-18-32(23,28)4/h6-10,23-24,26-30,39-40H,11-22H2,1-5H3/t23-,24?,26?,27?,28?,29?,30-,32?,33-,34-/m0/s1. The van der Waals surface area contributed by atoms with Crippen molar-refractivity contribution in [2.75, 3.05) is 0 Å². The molecule has 4 aliphatic carbocycles. The molecule has 244 valence electrons. The summed E-state index contributed by atoms with van der Waals surface area (Å²) in [6, 6.07) is 8.60. The van der Waals surface area contributed by atoms with E-state index in [4.69, 9.17) is 0 Å². The minimum Gasteiger partial charge on any atom is -0.393 e. The Hall–Kier alpha value is -1.12. The topological polar surface area (TPSA) is 74.6 Å². The van der Waals surface area contributed by atoms with Crippen LogP contribution in [0.2, 0.25) is 0 Å². The number of sulfone groups is 1. The largest absolute Gasteiger partial charge is 0.417 e. The molecular formula is C35H53F3O4S. The molecule has 2 N–H and O–H groups in total. The van der Waals surface area contributed by atoms with E-state index < -0.39 is 38.4 Å². The first-order valence-electron chi connectivity index (χ1n) is 16.6. The molecule has 4 saturated carbocycles. The average Bonchev–Trinajstić information content (AvgIpc) is 3.26. The zero-order valence-corrected chi connectivity index (χ0v) is 27.5. The zero-order chi connectivity index (χ0) is 31.6. The summed E-state index contributed by atoms with van der Waals surface area (Å²) in [4.78, 5) is 0.312. The van der Waals surface area contributed by atoms with Gasteiger partial charge in [0.2, 0.25) is 0 Å². The Morgan fingerprint density at radius 2 is 1.56 bits per heavy atom. The van der Waals surface area contributed by atoms with Crippen molar-refractivity contribution in [2.45, 2.75) is 140 Å². The molecule has 43 heavy (non-hydrogen) atoms. The molecule has 0 saturated heterocycles. The molecule has 0 bridgehead atoms. The van der Waals surface area contributed by atoms with Gasteiger partial charge in [-0.1, -0.05) is 52.8 Å². The first-order valence-corrected chi connectivity index (χ1v) is 18.1. The third-order valence-electron chi connectivity index (χ3n) is 13.3. The molecule has 4 nitrogen and oxygen atoms in total. The first kappa shape index (κ1) is 33.2. The molecule has 0 radical (unpaired) electrons. The van der Waals surface area contributed by atoms with Gasteiger partial charge in [-0.3, -0.25) is 0 Å². The SMILES string of the molecule is CC(C)(C)[C@@H](O)CC(CC[C@H]1CCC2C3CCC4C[C@](O)(C(F)(F)F)CC[C@]4(C)C3CCC21C)S(=O)(=O)c1ccccc1. The van der Waals surface area contributed by atoms with Crippen LogP contribution in [0.25, 0.3) is 0 Å². The molecule has 1 aromatic rings. The van der Waals surface area contributed by atoms with Crippen molar-refractivity contribution < 1.29 is 31.8 Å². The highest BCUT2D eigenvalue weighted by atomic mass is 32.2. The second-order valence-corrected chi connectivity index (χ2v) is 18.6. The van der Waals surface area contributed by atoms with E-state index in [1.54, 1.807) is 24.3 Å². The van der Waals surface area contributed by atoms with Gasteiger partial charge in [0.05, 0.1) is 16.2 Å². The van der Waals surface area contributed by atoms with Gasteiger partial charge in [-0.2, -0.15) is 13.2 Å². The molecule has 10 atom stereocenters. The lowest BCUT2D eigenvalue weighted by atomic mass is 9.43. The van der Waals surface area contributed by atoms with Crippen molar-refractivity contribution in [2.24, 2.45) is 45.8 Å². The third-order valence-corrected chi connectivity index (χ3v) is 15.5. The van der Waals surface area contributed by atoms with Gasteiger partial charge in [0.1, 0.15) is 0 Å². The number of aliphatic hydroxyl groups is 2. The van der Waals surface area contributed by atoms with Gasteiger partial charge < -0.3 is 10.2 Å². The summed E-state index contributed by atoms with van der Waals surface area (Å²) in [5, 5.41) is 20.9. The van der Waals surface area contributed by atoms with E-state index in [1.807, 2.05) is 26.8 Å². The zero-order valence-electron chi connectivity index (χ0n) is 26.7. The van der Waals surface area contributed by atoms with Gasteiger partial charge >= 0.3 is 6.18 Å². The van der Waals surface area contributed by atoms with Crippen molar-refractivity contribution in [3.05, 3.63) is 30.3 Å². The van der Waals surface area contributed by atoms with Gasteiger partial charge in [-0.05, 0) is 135 Å². The van der Waals surface area contributed by atoms with Crippen LogP contribution in [0.5, 0.6) is 0 Å². The molecule has 0 amide bonds. The number of hydrogen-bond donors (Lipinski definition) is 2. The normalized spacial score (nSPS) is 39.8. The fourth-order valence-corrected chi connectivity index (χ4v) is 12.1. The molecule has 0 heterocycles. The summed E-state index contributed by atoms with van der Waals surface area (Å²) in [5.74, 6) is 1.66. The maximum absolute atomic E-state index is 13.8. The van der Waals surface area contributed by atoms with Gasteiger partial charge in [0.15, 0.2) is 15.4 Å². The number of fused-ring (bicyclic) bond motifs is 5. The molecule has 1 aromatic carbocycles. The summed E-state index contributed by atoms with van der Waals surface area (Å²) >= 11 is 0. The van der Waals surface area contributed by atoms with Gasteiger partial charge in [-0.25, -0.2) is 8.42 Å². The second kappa shape index (κ2) is 11.3. The number of alkyl halides is 3. The molecule has 4 fully saturated rings. The van der Waals surface area contributed by atoms with E-state index in [9.17, 15) is 31.8 Å². The number of benzene rings is 1. The lowest BCUT2D eigenvalue weighted by molar-refractivity contribution is -0.290. The number of aliphatic hydroxyl groups excluding tert-OH is 1. The number of hydrogen-bond acceptors (Lipinski definition) is 4. The summed E-state index contributed by atoms with van der Waals surface area (Å²) in [7, 11) is -3.62. The van der Waals surface area contributed by atoms with E-state index in [0.29, 0.717) is 41.4 Å². The van der Waals surface area contributed by atoms with Crippen LogP contribution in [-0.4, -0.2) is 41.8 Å². The van der Waals surface area contributed by atoms with Crippen LogP contribution < -0.4 is 0 Å². The smallest absolute Gasteiger partial charge is 0.393 e. The van der Waals surface area contributed by atoms with Crippen LogP contribution in [0, 0.1) is 45.8 Å². The minimum absolute atomic E-state index is 0.0927. The Labute approximate surface area is 257 Å². The van der Waals surface area contributed by atoms with E-state index in [-0.39, 0.29) is 36.0 Å². The highest BCUT2D eigenvalue weighted by Gasteiger charge is 2.65. The summed E-state index contributed by atoms with van der Waals surface area (Å²) in [6.45, 7) is 10.4. The van der Waals surface area contributed by atoms with Crippen molar-refractivity contribution in [1.82, 2.24) is 0 Å². The summed E-state index contributed by atoms with van der Waals surface area (Å²) in [5.41, 5.74) is -3.05. The number of halogens is 3. The van der Waals surface area contributed by atoms with Gasteiger partial charge in [0, 0.05) is 0 Å². The Bertz CT molecular complexity index is 1240. The minimum atomic E-state index is -4.58. The highest BCUT2D eigenvalue weighted by molar-refractivity contribution is 7.92. The predicted molar refractivity (Wildman–Crippen MR) is 163 cm³/mol. The molecular weight excluding hydrogens is 573 g/mol. The molecule has 5 rings (SSSR count). The monoisotopic (exact) mass is 626 g/mol. The van der Waals surface area contributed by atoms with E-state index >= 15 is 0 Å². The molecule has 0 aliphatic heterocycles. The molecule has 0 aromatic heterocycles. The van der Waals surface area contributed by atoms with Crippen LogP contribution in [0.1, 0.15) is 112 Å². The second-order valence-electron chi connectivity index (χ2n) is 16.4. The van der Waals surface area contributed by atoms with Crippen molar-refractivity contribution in [3.63, 3.8) is 0 Å². The van der Waals surface area contributed by atoms with Crippen LogP contribution in [0.15, 0.2) is 35.2 Å². The lowest BCUT2D eigenvalue weighted by Gasteiger charge is -2.62. The Balaban J connectivity index is 1.31.